The standard InChI is InChI=1S/C10H13BrClN3S/c1-6(2)4-14-10(16)15-9-8(11)3-7(12)5-13-9/h3,5-6H,4H2,1-2H3,(H2,13,14,15,16). The maximum Gasteiger partial charge on any atom is 0.171 e. The Morgan fingerprint density at radius 1 is 1.62 bits per heavy atom. The van der Waals surface area contributed by atoms with Gasteiger partial charge in [-0.1, -0.05) is 25.4 Å². The van der Waals surface area contributed by atoms with E-state index in [1.807, 2.05) is 0 Å². The molecule has 0 amide bonds. The lowest BCUT2D eigenvalue weighted by Crippen LogP contribution is -2.31. The van der Waals surface area contributed by atoms with Gasteiger partial charge >= 0.3 is 0 Å². The number of aromatic nitrogens is 1. The van der Waals surface area contributed by atoms with Crippen LogP contribution >= 0.6 is 39.7 Å². The Bertz CT molecular complexity index is 384. The molecule has 1 heterocycles. The molecule has 0 unspecified atom stereocenters. The molecule has 0 spiro atoms. The Morgan fingerprint density at radius 3 is 2.88 bits per heavy atom. The normalized spacial score (nSPS) is 10.3. The number of nitrogens with zero attached hydrogens (tertiary/aromatic N) is 1. The summed E-state index contributed by atoms with van der Waals surface area (Å²) in [7, 11) is 0. The second-order valence-corrected chi connectivity index (χ2v) is 5.41. The lowest BCUT2D eigenvalue weighted by Gasteiger charge is -2.12. The van der Waals surface area contributed by atoms with Crippen molar-refractivity contribution in [3.8, 4) is 0 Å². The molecule has 0 saturated heterocycles. The van der Waals surface area contributed by atoms with Gasteiger partial charge in [0.25, 0.3) is 0 Å². The molecule has 2 N–H and O–H groups in total. The molecule has 0 bridgehead atoms. The molecule has 1 aromatic rings. The zero-order chi connectivity index (χ0) is 12.1. The fraction of sp³-hybridized carbons (Fsp3) is 0.400. The van der Waals surface area contributed by atoms with Gasteiger partial charge < -0.3 is 10.6 Å². The lowest BCUT2D eigenvalue weighted by atomic mass is 10.2. The van der Waals surface area contributed by atoms with Crippen LogP contribution < -0.4 is 10.6 Å². The fourth-order valence-corrected chi connectivity index (χ4v) is 1.87. The quantitative estimate of drug-likeness (QED) is 0.836. The van der Waals surface area contributed by atoms with Crippen molar-refractivity contribution in [1.82, 2.24) is 10.3 Å². The van der Waals surface area contributed by atoms with E-state index in [1.54, 1.807) is 12.3 Å². The molecule has 0 aliphatic heterocycles. The van der Waals surface area contributed by atoms with Crippen molar-refractivity contribution in [2.45, 2.75) is 13.8 Å². The van der Waals surface area contributed by atoms with E-state index in [9.17, 15) is 0 Å². The van der Waals surface area contributed by atoms with Gasteiger partial charge in [-0.25, -0.2) is 4.98 Å². The third-order valence-electron chi connectivity index (χ3n) is 1.71. The molecular weight excluding hydrogens is 310 g/mol. The Hall–Kier alpha value is -0.390. The largest absolute Gasteiger partial charge is 0.362 e. The van der Waals surface area contributed by atoms with Crippen LogP contribution in [0, 0.1) is 5.92 Å². The number of nitrogens with one attached hydrogen (secondary N) is 2. The van der Waals surface area contributed by atoms with E-state index in [0.29, 0.717) is 21.9 Å². The monoisotopic (exact) mass is 321 g/mol. The maximum atomic E-state index is 5.79. The van der Waals surface area contributed by atoms with Crippen LogP contribution in [-0.4, -0.2) is 16.6 Å². The molecule has 16 heavy (non-hydrogen) atoms. The molecule has 0 fully saturated rings. The Balaban J connectivity index is 2.56. The first kappa shape index (κ1) is 13.7. The zero-order valence-corrected chi connectivity index (χ0v) is 12.2. The minimum Gasteiger partial charge on any atom is -0.362 e. The lowest BCUT2D eigenvalue weighted by molar-refractivity contribution is 0.627. The van der Waals surface area contributed by atoms with Crippen LogP contribution in [0.25, 0.3) is 0 Å². The minimum atomic E-state index is 0.543. The molecular formula is C10H13BrClN3S. The molecule has 88 valence electrons. The van der Waals surface area contributed by atoms with Gasteiger partial charge in [-0.05, 0) is 40.1 Å². The third kappa shape index (κ3) is 4.63. The number of hydrogen-bond donors (Lipinski definition) is 2. The highest BCUT2D eigenvalue weighted by atomic mass is 79.9. The minimum absolute atomic E-state index is 0.543. The average Bonchev–Trinajstić information content (AvgIpc) is 2.19. The van der Waals surface area contributed by atoms with Crippen molar-refractivity contribution in [1.29, 1.82) is 0 Å². The highest BCUT2D eigenvalue weighted by Crippen LogP contribution is 2.22. The first-order chi connectivity index (χ1) is 7.49. The highest BCUT2D eigenvalue weighted by Gasteiger charge is 2.04. The van der Waals surface area contributed by atoms with Gasteiger partial charge in [-0.3, -0.25) is 0 Å². The molecule has 0 saturated carbocycles. The molecule has 0 atom stereocenters. The topological polar surface area (TPSA) is 37.0 Å². The smallest absolute Gasteiger partial charge is 0.171 e. The number of rotatable bonds is 3. The summed E-state index contributed by atoms with van der Waals surface area (Å²) in [6.45, 7) is 5.06. The molecule has 3 nitrogen and oxygen atoms in total. The summed E-state index contributed by atoms with van der Waals surface area (Å²) >= 11 is 14.3. The second kappa shape index (κ2) is 6.37. The Labute approximate surface area is 114 Å². The van der Waals surface area contributed by atoms with Gasteiger partial charge in [0.15, 0.2) is 5.11 Å². The van der Waals surface area contributed by atoms with Crippen LogP contribution in [0.2, 0.25) is 5.02 Å². The van der Waals surface area contributed by atoms with Crippen molar-refractivity contribution in [3.63, 3.8) is 0 Å². The summed E-state index contributed by atoms with van der Waals surface area (Å²) in [6, 6.07) is 1.77. The van der Waals surface area contributed by atoms with Crippen LogP contribution in [0.3, 0.4) is 0 Å². The molecule has 0 radical (unpaired) electrons. The zero-order valence-electron chi connectivity index (χ0n) is 9.05. The first-order valence-corrected chi connectivity index (χ1v) is 6.43. The predicted octanol–water partition coefficient (Wildman–Crippen LogP) is 3.44. The van der Waals surface area contributed by atoms with Crippen LogP contribution in [0.1, 0.15) is 13.8 Å². The maximum absolute atomic E-state index is 5.79. The van der Waals surface area contributed by atoms with Gasteiger partial charge in [-0.15, -0.1) is 0 Å². The third-order valence-corrected chi connectivity index (χ3v) is 2.77. The van der Waals surface area contributed by atoms with Gasteiger partial charge in [0.2, 0.25) is 0 Å². The van der Waals surface area contributed by atoms with E-state index in [1.165, 1.54) is 0 Å². The summed E-state index contributed by atoms with van der Waals surface area (Å²) in [5.41, 5.74) is 0. The summed E-state index contributed by atoms with van der Waals surface area (Å²) in [5, 5.41) is 7.24. The second-order valence-electron chi connectivity index (χ2n) is 3.71. The van der Waals surface area contributed by atoms with E-state index >= 15 is 0 Å². The van der Waals surface area contributed by atoms with Crippen molar-refractivity contribution in [2.24, 2.45) is 5.92 Å². The predicted molar refractivity (Wildman–Crippen MR) is 76.0 cm³/mol. The van der Waals surface area contributed by atoms with Crippen LogP contribution in [-0.2, 0) is 0 Å². The molecule has 0 aromatic carbocycles. The summed E-state index contributed by atoms with van der Waals surface area (Å²) in [4.78, 5) is 4.13. The fourth-order valence-electron chi connectivity index (χ4n) is 0.955. The summed E-state index contributed by atoms with van der Waals surface area (Å²) < 4.78 is 0.786. The van der Waals surface area contributed by atoms with E-state index in [0.717, 1.165) is 11.0 Å². The van der Waals surface area contributed by atoms with E-state index < -0.39 is 0 Å². The molecule has 0 aliphatic rings. The van der Waals surface area contributed by atoms with Crippen molar-refractivity contribution < 1.29 is 0 Å². The molecule has 6 heteroatoms. The average molecular weight is 323 g/mol. The van der Waals surface area contributed by atoms with E-state index in [4.69, 9.17) is 23.8 Å². The molecule has 0 aliphatic carbocycles. The van der Waals surface area contributed by atoms with Crippen LogP contribution in [0.4, 0.5) is 5.82 Å². The van der Waals surface area contributed by atoms with Gasteiger partial charge in [0.1, 0.15) is 5.82 Å². The molecule has 1 rings (SSSR count). The SMILES string of the molecule is CC(C)CNC(=S)Nc1ncc(Cl)cc1Br. The number of anilines is 1. The summed E-state index contributed by atoms with van der Waals surface area (Å²) in [5.74, 6) is 1.20. The van der Waals surface area contributed by atoms with Crippen molar-refractivity contribution in [2.75, 3.05) is 11.9 Å². The van der Waals surface area contributed by atoms with Crippen molar-refractivity contribution in [3.05, 3.63) is 21.8 Å². The van der Waals surface area contributed by atoms with Crippen LogP contribution in [0.5, 0.6) is 0 Å². The Morgan fingerprint density at radius 2 is 2.31 bits per heavy atom. The highest BCUT2D eigenvalue weighted by molar-refractivity contribution is 9.10. The van der Waals surface area contributed by atoms with E-state index in [2.05, 4.69) is 45.4 Å². The van der Waals surface area contributed by atoms with Gasteiger partial charge in [0, 0.05) is 12.7 Å². The van der Waals surface area contributed by atoms with Crippen molar-refractivity contribution >= 4 is 50.7 Å². The van der Waals surface area contributed by atoms with Crippen LogP contribution in [0.15, 0.2) is 16.7 Å². The summed E-state index contributed by atoms with van der Waals surface area (Å²) in [6.07, 6.45) is 1.57. The first-order valence-electron chi connectivity index (χ1n) is 4.85. The number of hydrogen-bond acceptors (Lipinski definition) is 2. The Kier molecular flexibility index (Phi) is 5.44. The van der Waals surface area contributed by atoms with Gasteiger partial charge in [-0.2, -0.15) is 0 Å². The number of thiocarbonyl (C=S) groups is 1. The van der Waals surface area contributed by atoms with Gasteiger partial charge in [0.05, 0.1) is 9.50 Å². The number of pyridine rings is 1. The molecule has 1 aromatic heterocycles. The van der Waals surface area contributed by atoms with E-state index in [-0.39, 0.29) is 0 Å². The number of halogens is 2.